The molecule has 0 aliphatic carbocycles. The fourth-order valence-electron chi connectivity index (χ4n) is 2.62. The molecular formula is C18H28N2O. The van der Waals surface area contributed by atoms with E-state index in [0.29, 0.717) is 0 Å². The van der Waals surface area contributed by atoms with Crippen LogP contribution in [0.5, 0.6) is 0 Å². The van der Waals surface area contributed by atoms with Crippen LogP contribution in [0.15, 0.2) is 28.7 Å². The Morgan fingerprint density at radius 1 is 1.14 bits per heavy atom. The number of hydrogen-bond acceptors (Lipinski definition) is 3. The Bertz CT molecular complexity index is 545. The highest BCUT2D eigenvalue weighted by molar-refractivity contribution is 5.82. The molecule has 0 amide bonds. The Hall–Kier alpha value is -1.32. The van der Waals surface area contributed by atoms with E-state index < -0.39 is 0 Å². The fourth-order valence-corrected chi connectivity index (χ4v) is 2.62. The fraction of sp³-hybridized carbons (Fsp3) is 0.556. The van der Waals surface area contributed by atoms with E-state index in [1.54, 1.807) is 0 Å². The largest absolute Gasteiger partial charge is 0.461 e. The summed E-state index contributed by atoms with van der Waals surface area (Å²) in [6.45, 7) is 5.30. The number of nitrogens with zero attached hydrogens (tertiary/aromatic N) is 1. The zero-order chi connectivity index (χ0) is 15.1. The second-order valence-corrected chi connectivity index (χ2v) is 5.94. The summed E-state index contributed by atoms with van der Waals surface area (Å²) in [5, 5.41) is 4.83. The third-order valence-electron chi connectivity index (χ3n) is 3.80. The Kier molecular flexibility index (Phi) is 6.27. The van der Waals surface area contributed by atoms with Crippen LogP contribution in [0.4, 0.5) is 0 Å². The maximum atomic E-state index is 6.05. The van der Waals surface area contributed by atoms with E-state index in [0.717, 1.165) is 37.4 Å². The van der Waals surface area contributed by atoms with Gasteiger partial charge in [-0.3, -0.25) is 0 Å². The van der Waals surface area contributed by atoms with Crippen LogP contribution in [0.2, 0.25) is 0 Å². The van der Waals surface area contributed by atoms with Gasteiger partial charge in [0.15, 0.2) is 0 Å². The number of hydrogen-bond donors (Lipinski definition) is 1. The van der Waals surface area contributed by atoms with Crippen LogP contribution in [-0.2, 0) is 13.0 Å². The van der Waals surface area contributed by atoms with E-state index >= 15 is 0 Å². The number of aryl methyl sites for hydroxylation is 1. The first-order chi connectivity index (χ1) is 10.2. The van der Waals surface area contributed by atoms with Crippen molar-refractivity contribution in [1.82, 2.24) is 10.2 Å². The lowest BCUT2D eigenvalue weighted by atomic mass is 10.1. The average molecular weight is 288 g/mol. The van der Waals surface area contributed by atoms with E-state index in [9.17, 15) is 0 Å². The molecular weight excluding hydrogens is 260 g/mol. The first-order valence-corrected chi connectivity index (χ1v) is 8.07. The summed E-state index contributed by atoms with van der Waals surface area (Å²) < 4.78 is 6.05. The van der Waals surface area contributed by atoms with Gasteiger partial charge in [0, 0.05) is 23.9 Å². The lowest BCUT2D eigenvalue weighted by molar-refractivity contribution is 0.394. The second-order valence-electron chi connectivity index (χ2n) is 5.94. The van der Waals surface area contributed by atoms with Gasteiger partial charge in [0.05, 0.1) is 0 Å². The molecule has 0 saturated heterocycles. The van der Waals surface area contributed by atoms with E-state index in [2.05, 4.69) is 49.4 Å². The Morgan fingerprint density at radius 3 is 2.71 bits per heavy atom. The highest BCUT2D eigenvalue weighted by atomic mass is 16.3. The summed E-state index contributed by atoms with van der Waals surface area (Å²) in [6, 6.07) is 8.38. The van der Waals surface area contributed by atoms with Gasteiger partial charge in [-0.15, -0.1) is 0 Å². The molecule has 1 aromatic heterocycles. The lowest BCUT2D eigenvalue weighted by Crippen LogP contribution is -2.21. The van der Waals surface area contributed by atoms with E-state index in [1.165, 1.54) is 30.2 Å². The molecule has 2 rings (SSSR count). The summed E-state index contributed by atoms with van der Waals surface area (Å²) in [5.74, 6) is 1.16. The van der Waals surface area contributed by atoms with Gasteiger partial charge in [-0.25, -0.2) is 0 Å². The van der Waals surface area contributed by atoms with Crippen LogP contribution in [0.3, 0.4) is 0 Å². The minimum absolute atomic E-state index is 0.906. The quantitative estimate of drug-likeness (QED) is 0.711. The number of unbranched alkanes of at least 4 members (excludes halogenated alkanes) is 1. The zero-order valence-electron chi connectivity index (χ0n) is 13.6. The molecule has 3 nitrogen and oxygen atoms in total. The number of furan rings is 1. The van der Waals surface area contributed by atoms with E-state index in [-0.39, 0.29) is 0 Å². The molecule has 0 spiro atoms. The first-order valence-electron chi connectivity index (χ1n) is 8.07. The summed E-state index contributed by atoms with van der Waals surface area (Å²) in [4.78, 5) is 2.22. The van der Waals surface area contributed by atoms with Gasteiger partial charge in [-0.1, -0.05) is 31.5 Å². The maximum Gasteiger partial charge on any atom is 0.134 e. The molecule has 0 radical (unpaired) electrons. The highest BCUT2D eigenvalue weighted by Gasteiger charge is 2.12. The van der Waals surface area contributed by atoms with Gasteiger partial charge >= 0.3 is 0 Å². The average Bonchev–Trinajstić information content (AvgIpc) is 2.82. The van der Waals surface area contributed by atoms with Crippen LogP contribution in [0.1, 0.15) is 37.5 Å². The Morgan fingerprint density at radius 2 is 1.95 bits per heavy atom. The molecule has 116 valence electrons. The third kappa shape index (κ3) is 4.58. The second kappa shape index (κ2) is 8.20. The van der Waals surface area contributed by atoms with Crippen LogP contribution >= 0.6 is 0 Å². The van der Waals surface area contributed by atoms with Crippen LogP contribution in [0.25, 0.3) is 11.0 Å². The summed E-state index contributed by atoms with van der Waals surface area (Å²) in [6.07, 6.45) is 4.60. The Balaban J connectivity index is 2.01. The predicted molar refractivity (Wildman–Crippen MR) is 89.7 cm³/mol. The van der Waals surface area contributed by atoms with Gasteiger partial charge in [0.1, 0.15) is 11.3 Å². The first kappa shape index (κ1) is 16.1. The SMILES string of the molecule is CCCCc1oc2ccccc2c1CNCCCN(C)C. The number of para-hydroxylation sites is 1. The lowest BCUT2D eigenvalue weighted by Gasteiger charge is -2.10. The van der Waals surface area contributed by atoms with E-state index in [4.69, 9.17) is 4.42 Å². The molecule has 0 saturated carbocycles. The van der Waals surface area contributed by atoms with Crippen LogP contribution < -0.4 is 5.32 Å². The molecule has 1 heterocycles. The van der Waals surface area contributed by atoms with Crippen LogP contribution in [0, 0.1) is 0 Å². The number of rotatable bonds is 9. The van der Waals surface area contributed by atoms with Crippen molar-refractivity contribution in [3.63, 3.8) is 0 Å². The third-order valence-corrected chi connectivity index (χ3v) is 3.80. The van der Waals surface area contributed by atoms with Crippen molar-refractivity contribution >= 4 is 11.0 Å². The van der Waals surface area contributed by atoms with Gasteiger partial charge in [0.25, 0.3) is 0 Å². The van der Waals surface area contributed by atoms with Crippen molar-refractivity contribution in [1.29, 1.82) is 0 Å². The molecule has 3 heteroatoms. The van der Waals surface area contributed by atoms with Crippen molar-refractivity contribution < 1.29 is 4.42 Å². The minimum Gasteiger partial charge on any atom is -0.461 e. The van der Waals surface area contributed by atoms with Gasteiger partial charge in [-0.05, 0) is 46.1 Å². The predicted octanol–water partition coefficient (Wildman–Crippen LogP) is 3.82. The smallest absolute Gasteiger partial charge is 0.134 e. The number of benzene rings is 1. The molecule has 0 aliphatic heterocycles. The molecule has 0 bridgehead atoms. The number of nitrogens with one attached hydrogen (secondary N) is 1. The topological polar surface area (TPSA) is 28.4 Å². The monoisotopic (exact) mass is 288 g/mol. The van der Waals surface area contributed by atoms with Gasteiger partial charge in [-0.2, -0.15) is 0 Å². The summed E-state index contributed by atoms with van der Waals surface area (Å²) >= 11 is 0. The van der Waals surface area contributed by atoms with Gasteiger partial charge < -0.3 is 14.6 Å². The summed E-state index contributed by atoms with van der Waals surface area (Å²) in [5.41, 5.74) is 2.37. The molecule has 1 N–H and O–H groups in total. The molecule has 0 atom stereocenters. The maximum absolute atomic E-state index is 6.05. The van der Waals surface area contributed by atoms with E-state index in [1.807, 2.05) is 6.07 Å². The molecule has 0 fully saturated rings. The molecule has 21 heavy (non-hydrogen) atoms. The van der Waals surface area contributed by atoms with Crippen LogP contribution in [-0.4, -0.2) is 32.1 Å². The molecule has 2 aromatic rings. The molecule has 0 unspecified atom stereocenters. The summed E-state index contributed by atoms with van der Waals surface area (Å²) in [7, 11) is 4.23. The molecule has 0 aliphatic rings. The van der Waals surface area contributed by atoms with Gasteiger partial charge in [0.2, 0.25) is 0 Å². The van der Waals surface area contributed by atoms with Crippen molar-refractivity contribution in [2.24, 2.45) is 0 Å². The standard InChI is InChI=1S/C18H28N2O/c1-4-5-10-18-16(14-19-12-8-13-20(2)3)15-9-6-7-11-17(15)21-18/h6-7,9,11,19H,4-5,8,10,12-14H2,1-3H3. The number of fused-ring (bicyclic) bond motifs is 1. The molecule has 1 aromatic carbocycles. The highest BCUT2D eigenvalue weighted by Crippen LogP contribution is 2.27. The normalized spacial score (nSPS) is 11.6. The van der Waals surface area contributed by atoms with Crippen molar-refractivity contribution in [2.75, 3.05) is 27.2 Å². The van der Waals surface area contributed by atoms with Crippen molar-refractivity contribution in [3.8, 4) is 0 Å². The zero-order valence-corrected chi connectivity index (χ0v) is 13.6. The van der Waals surface area contributed by atoms with Crippen molar-refractivity contribution in [2.45, 2.75) is 39.2 Å². The minimum atomic E-state index is 0.906. The Labute approximate surface area is 128 Å². The van der Waals surface area contributed by atoms with Crippen molar-refractivity contribution in [3.05, 3.63) is 35.6 Å².